The van der Waals surface area contributed by atoms with E-state index in [4.69, 9.17) is 0 Å². The molecule has 64 valence electrons. The topological polar surface area (TPSA) is 20.3 Å². The van der Waals surface area contributed by atoms with Crippen LogP contribution >= 0.6 is 0 Å². The second-order valence-corrected chi connectivity index (χ2v) is 3.17. The zero-order valence-electron chi connectivity index (χ0n) is 7.66. The lowest BCUT2D eigenvalue weighted by Gasteiger charge is -2.19. The Morgan fingerprint density at radius 3 is 2.75 bits per heavy atom. The van der Waals surface area contributed by atoms with Gasteiger partial charge in [-0.1, -0.05) is 0 Å². The summed E-state index contributed by atoms with van der Waals surface area (Å²) in [6.45, 7) is 5.84. The van der Waals surface area contributed by atoms with Crippen molar-refractivity contribution < 1.29 is 4.79 Å². The maximum atomic E-state index is 11.4. The van der Waals surface area contributed by atoms with E-state index in [1.54, 1.807) is 23.3 Å². The molecule has 0 aromatic heterocycles. The molecule has 1 heterocycles. The van der Waals surface area contributed by atoms with Crippen LogP contribution in [0.15, 0.2) is 29.7 Å². The van der Waals surface area contributed by atoms with Crippen LogP contribution in [0.25, 0.3) is 0 Å². The molecule has 0 spiro atoms. The van der Waals surface area contributed by atoms with Gasteiger partial charge in [-0.2, -0.15) is 0 Å². The largest absolute Gasteiger partial charge is 0.306 e. The van der Waals surface area contributed by atoms with Crippen molar-refractivity contribution in [1.29, 1.82) is 0 Å². The van der Waals surface area contributed by atoms with Crippen molar-refractivity contribution in [3.05, 3.63) is 29.7 Å². The molecule has 0 radical (unpaired) electrons. The van der Waals surface area contributed by atoms with Gasteiger partial charge in [0.2, 0.25) is 0 Å². The summed E-state index contributed by atoms with van der Waals surface area (Å²) < 4.78 is 0. The van der Waals surface area contributed by atoms with E-state index >= 15 is 0 Å². The van der Waals surface area contributed by atoms with Gasteiger partial charge in [-0.25, -0.2) is 0 Å². The first kappa shape index (κ1) is 8.82. The molecule has 1 aliphatic heterocycles. The van der Waals surface area contributed by atoms with Crippen molar-refractivity contribution in [3.63, 3.8) is 0 Å². The van der Waals surface area contributed by atoms with Gasteiger partial charge in [-0.3, -0.25) is 4.79 Å². The quantitative estimate of drug-likeness (QED) is 0.540. The van der Waals surface area contributed by atoms with Crippen LogP contribution in [-0.2, 0) is 4.79 Å². The predicted octanol–water partition coefficient (Wildman–Crippen LogP) is 1.85. The van der Waals surface area contributed by atoms with Gasteiger partial charge in [0.05, 0.1) is 0 Å². The zero-order chi connectivity index (χ0) is 9.14. The number of carbonyl (C=O) groups excluding carboxylic acids is 1. The molecular weight excluding hydrogens is 150 g/mol. The lowest BCUT2D eigenvalue weighted by Crippen LogP contribution is -2.30. The van der Waals surface area contributed by atoms with Crippen molar-refractivity contribution in [2.45, 2.75) is 26.8 Å². The van der Waals surface area contributed by atoms with Gasteiger partial charge in [-0.05, 0) is 32.4 Å². The summed E-state index contributed by atoms with van der Waals surface area (Å²) in [5.41, 5.74) is 3.89. The van der Waals surface area contributed by atoms with Crippen LogP contribution in [0.1, 0.15) is 20.8 Å². The number of rotatable bonds is 1. The third kappa shape index (κ3) is 1.86. The van der Waals surface area contributed by atoms with Gasteiger partial charge in [0, 0.05) is 18.3 Å². The first-order chi connectivity index (χ1) is 5.61. The summed E-state index contributed by atoms with van der Waals surface area (Å²) in [4.78, 5) is 13.1. The number of carbonyl (C=O) groups is 1. The Morgan fingerprint density at radius 1 is 1.50 bits per heavy atom. The fraction of sp³-hybridized carbons (Fsp3) is 0.400. The molecule has 1 rings (SSSR count). The molecule has 0 saturated heterocycles. The Balaban J connectivity index is 2.96. The predicted molar refractivity (Wildman–Crippen MR) is 48.4 cm³/mol. The van der Waals surface area contributed by atoms with E-state index in [9.17, 15) is 4.79 Å². The van der Waals surface area contributed by atoms with Gasteiger partial charge < -0.3 is 4.90 Å². The first-order valence-electron chi connectivity index (χ1n) is 4.04. The minimum Gasteiger partial charge on any atom is -0.306 e. The fourth-order valence-corrected chi connectivity index (χ4v) is 1.03. The molecule has 12 heavy (non-hydrogen) atoms. The van der Waals surface area contributed by atoms with E-state index in [0.29, 0.717) is 0 Å². The van der Waals surface area contributed by atoms with Crippen molar-refractivity contribution in [2.24, 2.45) is 0 Å². The first-order valence-corrected chi connectivity index (χ1v) is 4.04. The van der Waals surface area contributed by atoms with Gasteiger partial charge in [0.15, 0.2) is 0 Å². The Morgan fingerprint density at radius 2 is 2.17 bits per heavy atom. The van der Waals surface area contributed by atoms with Crippen LogP contribution in [0.3, 0.4) is 0 Å². The second-order valence-electron chi connectivity index (χ2n) is 3.17. The second kappa shape index (κ2) is 3.42. The Bertz CT molecular complexity index is 280. The Kier molecular flexibility index (Phi) is 2.51. The molecule has 0 bridgehead atoms. The van der Waals surface area contributed by atoms with Gasteiger partial charge >= 0.3 is 0 Å². The van der Waals surface area contributed by atoms with E-state index in [2.05, 4.69) is 5.73 Å². The number of hydrogen-bond donors (Lipinski definition) is 0. The summed E-state index contributed by atoms with van der Waals surface area (Å²) in [7, 11) is 0. The van der Waals surface area contributed by atoms with Gasteiger partial charge in [0.25, 0.3) is 5.91 Å². The van der Waals surface area contributed by atoms with Crippen LogP contribution in [0.5, 0.6) is 0 Å². The fourth-order valence-electron chi connectivity index (χ4n) is 1.03. The monoisotopic (exact) mass is 163 g/mol. The molecule has 0 aromatic rings. The lowest BCUT2D eigenvalue weighted by atomic mass is 10.2. The highest BCUT2D eigenvalue weighted by Crippen LogP contribution is 2.06. The molecule has 0 N–H and O–H groups in total. The molecule has 0 unspecified atom stereocenters. The summed E-state index contributed by atoms with van der Waals surface area (Å²) >= 11 is 0. The van der Waals surface area contributed by atoms with Gasteiger partial charge in [-0.15, -0.1) is 5.73 Å². The molecule has 0 saturated carbocycles. The van der Waals surface area contributed by atoms with Crippen molar-refractivity contribution in [3.8, 4) is 0 Å². The van der Waals surface area contributed by atoms with Crippen LogP contribution in [-0.4, -0.2) is 16.8 Å². The maximum absolute atomic E-state index is 11.4. The standard InChI is InChI=1S/C10H13NO/c1-8(2)11-6-4-5-9(3)7-10(11)12/h5-8H,1-3H3. The lowest BCUT2D eigenvalue weighted by molar-refractivity contribution is -0.124. The summed E-state index contributed by atoms with van der Waals surface area (Å²) in [5.74, 6) is 0.0313. The van der Waals surface area contributed by atoms with E-state index in [-0.39, 0.29) is 11.9 Å². The van der Waals surface area contributed by atoms with E-state index in [1.807, 2.05) is 20.8 Å². The molecule has 0 aromatic carbocycles. The number of amides is 1. The summed E-state index contributed by atoms with van der Waals surface area (Å²) in [5, 5.41) is 0. The SMILES string of the molecule is CC1=CC(=O)N(C(C)C)C=C=C1. The van der Waals surface area contributed by atoms with Crippen LogP contribution < -0.4 is 0 Å². The Labute approximate surface area is 72.9 Å². The molecule has 0 aliphatic carbocycles. The van der Waals surface area contributed by atoms with E-state index in [0.717, 1.165) is 5.57 Å². The molecule has 1 aliphatic rings. The molecule has 1 amide bonds. The molecule has 2 nitrogen and oxygen atoms in total. The van der Waals surface area contributed by atoms with Crippen LogP contribution in [0, 0.1) is 0 Å². The van der Waals surface area contributed by atoms with Crippen LogP contribution in [0.2, 0.25) is 0 Å². The number of hydrogen-bond acceptors (Lipinski definition) is 1. The van der Waals surface area contributed by atoms with Gasteiger partial charge in [0.1, 0.15) is 0 Å². The summed E-state index contributed by atoms with van der Waals surface area (Å²) in [6, 6.07) is 0.195. The number of nitrogens with zero attached hydrogens (tertiary/aromatic N) is 1. The molecule has 0 atom stereocenters. The zero-order valence-corrected chi connectivity index (χ0v) is 7.66. The minimum atomic E-state index is 0.0313. The molecule has 2 heteroatoms. The third-order valence-electron chi connectivity index (χ3n) is 1.69. The smallest absolute Gasteiger partial charge is 0.251 e. The summed E-state index contributed by atoms with van der Waals surface area (Å²) in [6.07, 6.45) is 5.12. The molecular formula is C10H13NO. The van der Waals surface area contributed by atoms with Crippen LogP contribution in [0.4, 0.5) is 0 Å². The molecule has 0 fully saturated rings. The third-order valence-corrected chi connectivity index (χ3v) is 1.69. The highest BCUT2D eigenvalue weighted by Gasteiger charge is 2.12. The van der Waals surface area contributed by atoms with E-state index in [1.165, 1.54) is 0 Å². The Hall–Kier alpha value is -1.27. The van der Waals surface area contributed by atoms with Crippen molar-refractivity contribution in [1.82, 2.24) is 4.90 Å². The van der Waals surface area contributed by atoms with Crippen molar-refractivity contribution in [2.75, 3.05) is 0 Å². The highest BCUT2D eigenvalue weighted by molar-refractivity contribution is 5.90. The minimum absolute atomic E-state index is 0.0313. The van der Waals surface area contributed by atoms with E-state index < -0.39 is 0 Å². The number of allylic oxidation sites excluding steroid dienone is 2. The highest BCUT2D eigenvalue weighted by atomic mass is 16.2. The average molecular weight is 163 g/mol. The average Bonchev–Trinajstić information content (AvgIpc) is 2.10. The maximum Gasteiger partial charge on any atom is 0.251 e. The van der Waals surface area contributed by atoms with Crippen molar-refractivity contribution >= 4 is 5.91 Å². The normalized spacial score (nSPS) is 16.8.